The van der Waals surface area contributed by atoms with E-state index in [-0.39, 0.29) is 25.2 Å². The maximum atomic E-state index is 14.0. The van der Waals surface area contributed by atoms with Crippen LogP contribution in [0.25, 0.3) is 0 Å². The molecule has 2 aliphatic heterocycles. The maximum absolute atomic E-state index is 14.0. The summed E-state index contributed by atoms with van der Waals surface area (Å²) in [7, 11) is 0. The number of halogens is 6. The second-order valence-corrected chi connectivity index (χ2v) is 8.47. The summed E-state index contributed by atoms with van der Waals surface area (Å²) in [4.78, 5) is 40.8. The molecule has 2 aromatic rings. The summed E-state index contributed by atoms with van der Waals surface area (Å²) in [5, 5.41) is 2.65. The molecule has 1 unspecified atom stereocenters. The Kier molecular flexibility index (Phi) is 6.23. The van der Waals surface area contributed by atoms with Crippen molar-refractivity contribution in [3.63, 3.8) is 0 Å². The Balaban J connectivity index is 1.45. The molecule has 2 aliphatic rings. The monoisotopic (exact) mass is 547 g/mol. The van der Waals surface area contributed by atoms with Gasteiger partial charge in [-0.1, -0.05) is 15.9 Å². The van der Waals surface area contributed by atoms with Crippen molar-refractivity contribution in [1.29, 1.82) is 0 Å². The minimum absolute atomic E-state index is 0.0257. The quantitative estimate of drug-likeness (QED) is 0.597. The number of fused-ring (bicyclic) bond motifs is 2. The molecule has 3 amide bonds. The first kappa shape index (κ1) is 23.9. The van der Waals surface area contributed by atoms with Crippen LogP contribution in [-0.4, -0.2) is 59.8 Å². The van der Waals surface area contributed by atoms with Gasteiger partial charge in [0.1, 0.15) is 6.04 Å². The lowest BCUT2D eigenvalue weighted by molar-refractivity contribution is -0.141. The molecule has 0 aromatic heterocycles. The molecule has 0 radical (unpaired) electrons. The molecule has 0 aliphatic carbocycles. The zero-order chi connectivity index (χ0) is 24.8. The van der Waals surface area contributed by atoms with Crippen LogP contribution in [0.2, 0.25) is 0 Å². The molecule has 4 rings (SSSR count). The van der Waals surface area contributed by atoms with Crippen molar-refractivity contribution in [1.82, 2.24) is 9.80 Å². The van der Waals surface area contributed by atoms with Crippen molar-refractivity contribution >= 4 is 39.3 Å². The Hall–Kier alpha value is -3.22. The highest BCUT2D eigenvalue weighted by atomic mass is 79.9. The summed E-state index contributed by atoms with van der Waals surface area (Å²) in [6.07, 6.45) is -5.09. The average molecular weight is 548 g/mol. The number of anilines is 1. The molecule has 13 heteroatoms. The third-order valence-corrected chi connectivity index (χ3v) is 5.96. The maximum Gasteiger partial charge on any atom is 0.419 e. The molecule has 1 fully saturated rings. The molecule has 180 valence electrons. The van der Waals surface area contributed by atoms with E-state index in [9.17, 15) is 36.3 Å². The number of carbonyl (C=O) groups excluding carboxylic acids is 3. The van der Waals surface area contributed by atoms with Crippen LogP contribution in [0.1, 0.15) is 15.9 Å². The highest BCUT2D eigenvalue weighted by Gasteiger charge is 2.41. The SMILES string of the molecule is O=C1Nc2ccc(Br)cc2C(=O)N2CCN(C(=O)COc3ccc(C(F)(F)F)c(F)c3F)CC12. The number of piperazine rings is 1. The van der Waals surface area contributed by atoms with E-state index in [0.717, 1.165) is 0 Å². The van der Waals surface area contributed by atoms with E-state index in [2.05, 4.69) is 21.2 Å². The lowest BCUT2D eigenvalue weighted by Crippen LogP contribution is -2.60. The fraction of sp³-hybridized carbons (Fsp3) is 0.286. The largest absolute Gasteiger partial charge is 0.481 e. The molecule has 1 N–H and O–H groups in total. The molecule has 1 saturated heterocycles. The molecule has 34 heavy (non-hydrogen) atoms. The smallest absolute Gasteiger partial charge is 0.419 e. The van der Waals surface area contributed by atoms with E-state index in [1.807, 2.05) is 0 Å². The minimum atomic E-state index is -5.09. The summed E-state index contributed by atoms with van der Waals surface area (Å²) in [5.41, 5.74) is -1.18. The normalized spacial score (nSPS) is 18.1. The molecule has 0 spiro atoms. The third kappa shape index (κ3) is 4.43. The average Bonchev–Trinajstić information content (AvgIpc) is 2.88. The number of carbonyl (C=O) groups is 3. The summed E-state index contributed by atoms with van der Waals surface area (Å²) in [6, 6.07) is 4.70. The first-order valence-electron chi connectivity index (χ1n) is 9.84. The van der Waals surface area contributed by atoms with Crippen LogP contribution in [0.3, 0.4) is 0 Å². The van der Waals surface area contributed by atoms with Crippen molar-refractivity contribution in [2.24, 2.45) is 0 Å². The molecule has 1 atom stereocenters. The van der Waals surface area contributed by atoms with Gasteiger partial charge in [-0.15, -0.1) is 0 Å². The Labute approximate surface area is 197 Å². The van der Waals surface area contributed by atoms with Gasteiger partial charge in [0.05, 0.1) is 23.4 Å². The summed E-state index contributed by atoms with van der Waals surface area (Å²) in [6.45, 7) is -0.932. The molecule has 2 heterocycles. The van der Waals surface area contributed by atoms with Crippen LogP contribution in [0.4, 0.5) is 27.6 Å². The van der Waals surface area contributed by atoms with Crippen LogP contribution >= 0.6 is 15.9 Å². The minimum Gasteiger partial charge on any atom is -0.481 e. The van der Waals surface area contributed by atoms with Gasteiger partial charge in [0.2, 0.25) is 11.7 Å². The number of amides is 3. The summed E-state index contributed by atoms with van der Waals surface area (Å²) < 4.78 is 71.3. The van der Waals surface area contributed by atoms with Crippen LogP contribution in [0.15, 0.2) is 34.8 Å². The third-order valence-electron chi connectivity index (χ3n) is 5.47. The van der Waals surface area contributed by atoms with Crippen molar-refractivity contribution in [2.75, 3.05) is 31.6 Å². The highest BCUT2D eigenvalue weighted by molar-refractivity contribution is 9.10. The van der Waals surface area contributed by atoms with Crippen molar-refractivity contribution in [3.05, 3.63) is 57.6 Å². The van der Waals surface area contributed by atoms with Gasteiger partial charge in [0, 0.05) is 17.6 Å². The van der Waals surface area contributed by atoms with E-state index >= 15 is 0 Å². The molecule has 0 saturated carbocycles. The molecule has 0 bridgehead atoms. The zero-order valence-electron chi connectivity index (χ0n) is 17.1. The van der Waals surface area contributed by atoms with E-state index in [4.69, 9.17) is 4.74 Å². The molecular formula is C21H15BrF5N3O4. The molecular weight excluding hydrogens is 533 g/mol. The Morgan fingerprint density at radius 1 is 1.12 bits per heavy atom. The number of hydrogen-bond donors (Lipinski definition) is 1. The fourth-order valence-corrected chi connectivity index (χ4v) is 4.10. The van der Waals surface area contributed by atoms with Gasteiger partial charge < -0.3 is 19.9 Å². The second-order valence-electron chi connectivity index (χ2n) is 7.56. The number of alkyl halides is 3. The number of hydrogen-bond acceptors (Lipinski definition) is 4. The van der Waals surface area contributed by atoms with Crippen LogP contribution in [-0.2, 0) is 15.8 Å². The number of nitrogens with one attached hydrogen (secondary N) is 1. The van der Waals surface area contributed by atoms with Gasteiger partial charge in [-0.2, -0.15) is 17.6 Å². The van der Waals surface area contributed by atoms with Gasteiger partial charge in [0.15, 0.2) is 18.2 Å². The second kappa shape index (κ2) is 8.85. The standard InChI is InChI=1S/C21H15BrF5N3O4/c22-10-1-3-13-11(7-10)20(33)30-6-5-29(8-14(30)19(32)28-13)16(31)9-34-15-4-2-12(21(25,26)27)17(23)18(15)24/h1-4,7,14H,5-6,8-9H2,(H,28,32). The van der Waals surface area contributed by atoms with E-state index < -0.39 is 59.5 Å². The Morgan fingerprint density at radius 3 is 2.56 bits per heavy atom. The first-order valence-corrected chi connectivity index (χ1v) is 10.6. The predicted molar refractivity (Wildman–Crippen MR) is 111 cm³/mol. The molecule has 2 aromatic carbocycles. The van der Waals surface area contributed by atoms with Gasteiger partial charge in [-0.05, 0) is 30.3 Å². The predicted octanol–water partition coefficient (Wildman–Crippen LogP) is 3.43. The van der Waals surface area contributed by atoms with E-state index in [1.54, 1.807) is 18.2 Å². The fourth-order valence-electron chi connectivity index (χ4n) is 3.74. The van der Waals surface area contributed by atoms with Gasteiger partial charge in [-0.25, -0.2) is 4.39 Å². The van der Waals surface area contributed by atoms with Crippen LogP contribution < -0.4 is 10.1 Å². The Morgan fingerprint density at radius 2 is 1.85 bits per heavy atom. The highest BCUT2D eigenvalue weighted by Crippen LogP contribution is 2.35. The molecule has 7 nitrogen and oxygen atoms in total. The van der Waals surface area contributed by atoms with E-state index in [1.165, 1.54) is 9.80 Å². The van der Waals surface area contributed by atoms with E-state index in [0.29, 0.717) is 22.3 Å². The number of nitrogens with zero attached hydrogens (tertiary/aromatic N) is 2. The first-order chi connectivity index (χ1) is 16.0. The van der Waals surface area contributed by atoms with Crippen molar-refractivity contribution in [3.8, 4) is 5.75 Å². The number of benzene rings is 2. The number of ether oxygens (including phenoxy) is 1. The summed E-state index contributed by atoms with van der Waals surface area (Å²) >= 11 is 3.28. The summed E-state index contributed by atoms with van der Waals surface area (Å²) in [5.74, 6) is -6.49. The van der Waals surface area contributed by atoms with Gasteiger partial charge in [0.25, 0.3) is 11.8 Å². The Bertz CT molecular complexity index is 1190. The topological polar surface area (TPSA) is 79.0 Å². The van der Waals surface area contributed by atoms with Crippen LogP contribution in [0.5, 0.6) is 5.75 Å². The van der Waals surface area contributed by atoms with Gasteiger partial charge in [-0.3, -0.25) is 14.4 Å². The number of rotatable bonds is 3. The lowest BCUT2D eigenvalue weighted by atomic mass is 10.1. The van der Waals surface area contributed by atoms with Crippen LogP contribution in [0, 0.1) is 11.6 Å². The van der Waals surface area contributed by atoms with Crippen molar-refractivity contribution in [2.45, 2.75) is 12.2 Å². The lowest BCUT2D eigenvalue weighted by Gasteiger charge is -2.39. The van der Waals surface area contributed by atoms with Crippen molar-refractivity contribution < 1.29 is 41.1 Å². The van der Waals surface area contributed by atoms with Gasteiger partial charge >= 0.3 is 6.18 Å². The zero-order valence-corrected chi connectivity index (χ0v) is 18.7.